The third kappa shape index (κ3) is 5.06. The Kier molecular flexibility index (Phi) is 6.92. The van der Waals surface area contributed by atoms with Crippen LogP contribution in [-0.4, -0.2) is 27.2 Å². The number of para-hydroxylation sites is 1. The van der Waals surface area contributed by atoms with Crippen molar-refractivity contribution < 1.29 is 9.53 Å². The Hall–Kier alpha value is -4.17. The molecule has 0 unspecified atom stereocenters. The van der Waals surface area contributed by atoms with Gasteiger partial charge in [0.05, 0.1) is 17.8 Å². The maximum Gasteiger partial charge on any atom is 0.262 e. The summed E-state index contributed by atoms with van der Waals surface area (Å²) in [5.74, 6) is 0.432. The second kappa shape index (κ2) is 10.4. The van der Waals surface area contributed by atoms with Gasteiger partial charge in [-0.2, -0.15) is 0 Å². The first kappa shape index (κ1) is 24.5. The van der Waals surface area contributed by atoms with Gasteiger partial charge in [-0.1, -0.05) is 24.3 Å². The Balaban J connectivity index is 1.39. The molecule has 1 fully saturated rings. The molecule has 37 heavy (non-hydrogen) atoms. The molecule has 7 nitrogen and oxygen atoms in total. The lowest BCUT2D eigenvalue weighted by Gasteiger charge is -2.28. The molecule has 0 bridgehead atoms. The number of carbonyl (C=O) groups excluding carboxylic acids is 1. The summed E-state index contributed by atoms with van der Waals surface area (Å²) in [5.41, 5.74) is 6.11. The van der Waals surface area contributed by atoms with E-state index in [0.29, 0.717) is 16.5 Å². The number of nitrogens with one attached hydrogen (secondary N) is 2. The molecule has 2 aromatic carbocycles. The number of aryl methyl sites for hydroxylation is 1. The standard InChI is InChI=1S/C29H29N5O2S/c1-19-17-24(20(2)33(19)3)28-27(25-11-7-8-16-30-25)32-29(37)34(28)22-14-12-21(13-15-22)31-26(35)18-36-23-9-5-4-6-10-23/h4-17,27-28H,18H2,1-3H3,(H,31,35)(H,32,37)/t27-,28-/m0/s1. The first-order valence-electron chi connectivity index (χ1n) is 12.1. The van der Waals surface area contributed by atoms with Crippen LogP contribution in [0.25, 0.3) is 0 Å². The molecule has 1 amide bonds. The molecule has 188 valence electrons. The van der Waals surface area contributed by atoms with E-state index in [1.807, 2.05) is 79.0 Å². The number of pyridine rings is 1. The molecule has 2 aromatic heterocycles. The Bertz CT molecular complexity index is 1400. The van der Waals surface area contributed by atoms with Gasteiger partial charge in [-0.25, -0.2) is 0 Å². The van der Waals surface area contributed by atoms with Gasteiger partial charge < -0.3 is 24.8 Å². The fourth-order valence-corrected chi connectivity index (χ4v) is 5.05. The molecule has 2 atom stereocenters. The molecule has 0 radical (unpaired) electrons. The normalized spacial score (nSPS) is 16.9. The minimum atomic E-state index is -0.224. The highest BCUT2D eigenvalue weighted by Gasteiger charge is 2.42. The molecule has 1 aliphatic heterocycles. The molecule has 4 aromatic rings. The summed E-state index contributed by atoms with van der Waals surface area (Å²) >= 11 is 5.84. The number of nitrogens with zero attached hydrogens (tertiary/aromatic N) is 3. The Morgan fingerprint density at radius 3 is 2.43 bits per heavy atom. The van der Waals surface area contributed by atoms with Crippen LogP contribution < -0.4 is 20.3 Å². The van der Waals surface area contributed by atoms with Gasteiger partial charge in [-0.05, 0) is 86.2 Å². The fourth-order valence-electron chi connectivity index (χ4n) is 4.70. The predicted molar refractivity (Wildman–Crippen MR) is 150 cm³/mol. The van der Waals surface area contributed by atoms with E-state index in [2.05, 4.69) is 52.0 Å². The van der Waals surface area contributed by atoms with Crippen LogP contribution in [-0.2, 0) is 11.8 Å². The molecular formula is C29H29N5O2S. The molecule has 2 N–H and O–H groups in total. The van der Waals surface area contributed by atoms with Crippen molar-refractivity contribution in [2.75, 3.05) is 16.8 Å². The van der Waals surface area contributed by atoms with Crippen molar-refractivity contribution in [3.63, 3.8) is 0 Å². The Morgan fingerprint density at radius 1 is 1.05 bits per heavy atom. The van der Waals surface area contributed by atoms with Crippen LogP contribution >= 0.6 is 12.2 Å². The number of ether oxygens (including phenoxy) is 1. The molecule has 3 heterocycles. The SMILES string of the molecule is Cc1cc([C@H]2[C@H](c3ccccn3)NC(=S)N2c2ccc(NC(=O)COc3ccccc3)cc2)c(C)n1C. The summed E-state index contributed by atoms with van der Waals surface area (Å²) in [6.45, 7) is 4.18. The molecule has 0 aliphatic carbocycles. The van der Waals surface area contributed by atoms with E-state index in [4.69, 9.17) is 17.0 Å². The third-order valence-corrected chi connectivity index (χ3v) is 7.09. The van der Waals surface area contributed by atoms with Crippen LogP contribution in [0.2, 0.25) is 0 Å². The highest BCUT2D eigenvalue weighted by Crippen LogP contribution is 2.43. The number of aromatic nitrogens is 2. The molecule has 0 saturated carbocycles. The van der Waals surface area contributed by atoms with Crippen molar-refractivity contribution in [1.82, 2.24) is 14.9 Å². The van der Waals surface area contributed by atoms with Gasteiger partial charge in [0.25, 0.3) is 5.91 Å². The topological polar surface area (TPSA) is 71.4 Å². The lowest BCUT2D eigenvalue weighted by molar-refractivity contribution is -0.118. The van der Waals surface area contributed by atoms with E-state index in [1.54, 1.807) is 0 Å². The summed E-state index contributed by atoms with van der Waals surface area (Å²) < 4.78 is 7.74. The van der Waals surface area contributed by atoms with Crippen molar-refractivity contribution in [3.8, 4) is 5.75 Å². The molecule has 1 aliphatic rings. The molecule has 8 heteroatoms. The van der Waals surface area contributed by atoms with Crippen molar-refractivity contribution in [3.05, 3.63) is 108 Å². The second-order valence-electron chi connectivity index (χ2n) is 9.08. The van der Waals surface area contributed by atoms with Gasteiger partial charge in [-0.15, -0.1) is 0 Å². The fraction of sp³-hybridized carbons (Fsp3) is 0.207. The van der Waals surface area contributed by atoms with Crippen LogP contribution in [0.5, 0.6) is 5.75 Å². The number of hydrogen-bond acceptors (Lipinski definition) is 4. The van der Waals surface area contributed by atoms with E-state index < -0.39 is 0 Å². The minimum absolute atomic E-state index is 0.0631. The Labute approximate surface area is 222 Å². The highest BCUT2D eigenvalue weighted by molar-refractivity contribution is 7.80. The zero-order chi connectivity index (χ0) is 25.9. The van der Waals surface area contributed by atoms with Crippen LogP contribution in [0.1, 0.15) is 34.7 Å². The molecule has 1 saturated heterocycles. The smallest absolute Gasteiger partial charge is 0.262 e. The average Bonchev–Trinajstić information content (AvgIpc) is 3.39. The molecule has 5 rings (SSSR count). The number of anilines is 2. The number of benzene rings is 2. The number of thiocarbonyl (C=S) groups is 1. The first-order chi connectivity index (χ1) is 17.9. The van der Waals surface area contributed by atoms with Crippen molar-refractivity contribution >= 4 is 34.6 Å². The molecule has 0 spiro atoms. The van der Waals surface area contributed by atoms with E-state index in [0.717, 1.165) is 11.4 Å². The Morgan fingerprint density at radius 2 is 1.78 bits per heavy atom. The van der Waals surface area contributed by atoms with Crippen molar-refractivity contribution in [1.29, 1.82) is 0 Å². The zero-order valence-electron chi connectivity index (χ0n) is 21.0. The number of rotatable bonds is 7. The monoisotopic (exact) mass is 511 g/mol. The highest BCUT2D eigenvalue weighted by atomic mass is 32.1. The van der Waals surface area contributed by atoms with E-state index in [-0.39, 0.29) is 24.6 Å². The average molecular weight is 512 g/mol. The van der Waals surface area contributed by atoms with Gasteiger partial charge in [0.1, 0.15) is 5.75 Å². The van der Waals surface area contributed by atoms with Crippen molar-refractivity contribution in [2.45, 2.75) is 25.9 Å². The summed E-state index contributed by atoms with van der Waals surface area (Å²) in [7, 11) is 2.08. The summed E-state index contributed by atoms with van der Waals surface area (Å²) in [4.78, 5) is 19.2. The van der Waals surface area contributed by atoms with Crippen LogP contribution in [0.15, 0.2) is 85.1 Å². The van der Waals surface area contributed by atoms with Gasteiger partial charge in [-0.3, -0.25) is 9.78 Å². The number of carbonyl (C=O) groups is 1. The summed E-state index contributed by atoms with van der Waals surface area (Å²) in [6, 6.07) is 25.0. The van der Waals surface area contributed by atoms with Crippen LogP contribution in [0, 0.1) is 13.8 Å². The zero-order valence-corrected chi connectivity index (χ0v) is 21.8. The lowest BCUT2D eigenvalue weighted by atomic mass is 9.96. The van der Waals surface area contributed by atoms with Gasteiger partial charge >= 0.3 is 0 Å². The third-order valence-electron chi connectivity index (χ3n) is 6.77. The number of amides is 1. The quantitative estimate of drug-likeness (QED) is 0.331. The van der Waals surface area contributed by atoms with Gasteiger partial charge in [0.2, 0.25) is 0 Å². The second-order valence-corrected chi connectivity index (χ2v) is 9.47. The number of hydrogen-bond donors (Lipinski definition) is 2. The van der Waals surface area contributed by atoms with Crippen molar-refractivity contribution in [2.24, 2.45) is 7.05 Å². The van der Waals surface area contributed by atoms with E-state index in [1.165, 1.54) is 17.0 Å². The minimum Gasteiger partial charge on any atom is -0.484 e. The van der Waals surface area contributed by atoms with E-state index in [9.17, 15) is 4.79 Å². The predicted octanol–water partition coefficient (Wildman–Crippen LogP) is 5.23. The van der Waals surface area contributed by atoms with Crippen LogP contribution in [0.3, 0.4) is 0 Å². The largest absolute Gasteiger partial charge is 0.484 e. The summed E-state index contributed by atoms with van der Waals surface area (Å²) in [6.07, 6.45) is 1.81. The molecular weight excluding hydrogens is 482 g/mol. The first-order valence-corrected chi connectivity index (χ1v) is 12.5. The van der Waals surface area contributed by atoms with Crippen LogP contribution in [0.4, 0.5) is 11.4 Å². The van der Waals surface area contributed by atoms with Gasteiger partial charge in [0.15, 0.2) is 11.7 Å². The van der Waals surface area contributed by atoms with E-state index >= 15 is 0 Å². The maximum absolute atomic E-state index is 12.4. The maximum atomic E-state index is 12.4. The lowest BCUT2D eigenvalue weighted by Crippen LogP contribution is -2.29. The summed E-state index contributed by atoms with van der Waals surface area (Å²) in [5, 5.41) is 7.03. The van der Waals surface area contributed by atoms with Gasteiger partial charge in [0, 0.05) is 36.0 Å².